The van der Waals surface area contributed by atoms with E-state index in [-0.39, 0.29) is 25.7 Å². The first-order valence-electron chi connectivity index (χ1n) is 37.1. The molecular formula is C79H130O17P2. The number of hydrogen-bond acceptors (Lipinski definition) is 15. The van der Waals surface area contributed by atoms with Gasteiger partial charge < -0.3 is 33.8 Å². The van der Waals surface area contributed by atoms with Crippen LogP contribution in [0.1, 0.15) is 272 Å². The minimum atomic E-state index is -4.99. The molecule has 17 nitrogen and oxygen atoms in total. The van der Waals surface area contributed by atoms with E-state index in [2.05, 4.69) is 161 Å². The second kappa shape index (κ2) is 70.4. The highest BCUT2D eigenvalue weighted by Gasteiger charge is 2.30. The number of carbonyl (C=O) groups excluding carboxylic acids is 4. The first-order chi connectivity index (χ1) is 47.7. The van der Waals surface area contributed by atoms with Gasteiger partial charge in [0, 0.05) is 25.7 Å². The van der Waals surface area contributed by atoms with Crippen molar-refractivity contribution in [3.63, 3.8) is 0 Å². The number of aliphatic hydroxyl groups is 1. The van der Waals surface area contributed by atoms with E-state index < -0.39 is 97.5 Å². The van der Waals surface area contributed by atoms with Crippen LogP contribution in [0.15, 0.2) is 146 Å². The monoisotopic (exact) mass is 1410 g/mol. The molecule has 0 saturated carbocycles. The van der Waals surface area contributed by atoms with Gasteiger partial charge in [0.1, 0.15) is 19.3 Å². The molecular weight excluding hydrogens is 1280 g/mol. The smallest absolute Gasteiger partial charge is 0.462 e. The fourth-order valence-electron chi connectivity index (χ4n) is 9.14. The molecule has 0 radical (unpaired) electrons. The quantitative estimate of drug-likeness (QED) is 0.0169. The maximum atomic E-state index is 13.1. The lowest BCUT2D eigenvalue weighted by Crippen LogP contribution is -2.30. The largest absolute Gasteiger partial charge is 0.472 e. The van der Waals surface area contributed by atoms with Crippen LogP contribution in [0, 0.1) is 0 Å². The number of hydrogen-bond donors (Lipinski definition) is 3. The maximum Gasteiger partial charge on any atom is 0.472 e. The van der Waals surface area contributed by atoms with Gasteiger partial charge in [-0.1, -0.05) is 238 Å². The molecule has 0 bridgehead atoms. The van der Waals surface area contributed by atoms with Crippen LogP contribution in [-0.4, -0.2) is 96.7 Å². The maximum absolute atomic E-state index is 13.1. The molecule has 5 atom stereocenters. The lowest BCUT2D eigenvalue weighted by molar-refractivity contribution is -0.161. The van der Waals surface area contributed by atoms with Crippen molar-refractivity contribution in [3.8, 4) is 0 Å². The van der Waals surface area contributed by atoms with Crippen LogP contribution in [0.2, 0.25) is 0 Å². The zero-order chi connectivity index (χ0) is 71.8. The van der Waals surface area contributed by atoms with E-state index >= 15 is 0 Å². The average Bonchev–Trinajstić information content (AvgIpc) is 0.986. The Kier molecular flexibility index (Phi) is 66.7. The van der Waals surface area contributed by atoms with E-state index in [4.69, 9.17) is 37.0 Å². The summed E-state index contributed by atoms with van der Waals surface area (Å²) in [6.45, 7) is 4.41. The minimum Gasteiger partial charge on any atom is -0.462 e. The van der Waals surface area contributed by atoms with Gasteiger partial charge in [-0.05, 0) is 154 Å². The average molecular weight is 1410 g/mol. The first-order valence-corrected chi connectivity index (χ1v) is 40.1. The molecule has 5 unspecified atom stereocenters. The topological polar surface area (TPSA) is 237 Å². The molecule has 0 amide bonds. The van der Waals surface area contributed by atoms with Crippen LogP contribution in [0.4, 0.5) is 0 Å². The lowest BCUT2D eigenvalue weighted by atomic mass is 10.1. The molecule has 0 aliphatic carbocycles. The van der Waals surface area contributed by atoms with Crippen LogP contribution in [0.3, 0.4) is 0 Å². The first kappa shape index (κ1) is 92.9. The molecule has 0 heterocycles. The number of phosphoric ester groups is 2. The van der Waals surface area contributed by atoms with Gasteiger partial charge in [-0.15, -0.1) is 0 Å². The predicted octanol–water partition coefficient (Wildman–Crippen LogP) is 21.1. The Morgan fingerprint density at radius 2 is 0.551 bits per heavy atom. The summed E-state index contributed by atoms with van der Waals surface area (Å²) >= 11 is 0. The molecule has 0 aromatic heterocycles. The standard InChI is InChI=1S/C79H130O17P2/c1-5-9-13-17-21-25-29-32-35-36-39-41-45-48-52-56-60-64-77(82)89-69-74(95-78(83)65-61-57-53-49-43-28-24-20-16-12-8-4)71-93-97(85,86)91-67-73(80)68-92-98(87,88)94-72-75(96-79(84)66-62-58-54-50-46-42-38-34-31-27-23-19-15-11-7-3)70-90-76(81)63-59-55-51-47-44-40-37-33-30-26-22-18-14-10-6-2/h9-10,13-14,20-27,32-35,37-39,41,44,47-48,52,73-75,80H,5-8,11-12,15-19,28-31,36,40,42-43,45-46,49-51,53-72H2,1-4H3,(H,85,86)(H,87,88)/b13-9-,14-10-,24-20-,25-21-,26-22-,27-23-,35-32-,37-33-,38-34-,41-39-,47-44-,52-48-. The lowest BCUT2D eigenvalue weighted by Gasteiger charge is -2.21. The van der Waals surface area contributed by atoms with Gasteiger partial charge in [0.15, 0.2) is 12.2 Å². The second-order valence-corrected chi connectivity index (χ2v) is 27.0. The van der Waals surface area contributed by atoms with Crippen LogP contribution in [0.5, 0.6) is 0 Å². The summed E-state index contributed by atoms with van der Waals surface area (Å²) in [5.41, 5.74) is 0. The summed E-state index contributed by atoms with van der Waals surface area (Å²) < 4.78 is 68.2. The molecule has 19 heteroatoms. The number of aliphatic hydroxyl groups excluding tert-OH is 1. The Labute approximate surface area is 592 Å². The zero-order valence-corrected chi connectivity index (χ0v) is 62.4. The highest BCUT2D eigenvalue weighted by atomic mass is 31.2. The van der Waals surface area contributed by atoms with Gasteiger partial charge in [0.25, 0.3) is 0 Å². The third-order valence-electron chi connectivity index (χ3n) is 14.8. The molecule has 0 spiro atoms. The number of phosphoric acid groups is 2. The third-order valence-corrected chi connectivity index (χ3v) is 16.7. The molecule has 0 aromatic rings. The van der Waals surface area contributed by atoms with Crippen molar-refractivity contribution < 1.29 is 80.2 Å². The highest BCUT2D eigenvalue weighted by molar-refractivity contribution is 7.47. The second-order valence-electron chi connectivity index (χ2n) is 24.1. The van der Waals surface area contributed by atoms with Crippen molar-refractivity contribution in [1.82, 2.24) is 0 Å². The van der Waals surface area contributed by atoms with Gasteiger partial charge in [-0.25, -0.2) is 9.13 Å². The number of rotatable bonds is 68. The van der Waals surface area contributed by atoms with Crippen molar-refractivity contribution in [2.75, 3.05) is 39.6 Å². The molecule has 0 saturated heterocycles. The summed E-state index contributed by atoms with van der Waals surface area (Å²) in [6.07, 6.45) is 78.6. The van der Waals surface area contributed by atoms with Crippen LogP contribution >= 0.6 is 15.6 Å². The van der Waals surface area contributed by atoms with Crippen molar-refractivity contribution in [2.24, 2.45) is 0 Å². The minimum absolute atomic E-state index is 0.0644. The summed E-state index contributed by atoms with van der Waals surface area (Å²) in [5, 5.41) is 10.6. The molecule has 3 N–H and O–H groups in total. The Bertz CT molecular complexity index is 2430. The molecule has 0 rings (SSSR count). The summed E-state index contributed by atoms with van der Waals surface area (Å²) in [6, 6.07) is 0. The Morgan fingerprint density at radius 3 is 0.918 bits per heavy atom. The van der Waals surface area contributed by atoms with Gasteiger partial charge >= 0.3 is 39.5 Å². The predicted molar refractivity (Wildman–Crippen MR) is 399 cm³/mol. The van der Waals surface area contributed by atoms with E-state index in [0.29, 0.717) is 32.1 Å². The Balaban J connectivity index is 5.43. The van der Waals surface area contributed by atoms with Crippen molar-refractivity contribution in [2.45, 2.75) is 290 Å². The van der Waals surface area contributed by atoms with Crippen molar-refractivity contribution in [1.29, 1.82) is 0 Å². The van der Waals surface area contributed by atoms with Gasteiger partial charge in [-0.2, -0.15) is 0 Å². The van der Waals surface area contributed by atoms with Gasteiger partial charge in [-0.3, -0.25) is 37.3 Å². The van der Waals surface area contributed by atoms with Crippen molar-refractivity contribution >= 4 is 39.5 Å². The van der Waals surface area contributed by atoms with Crippen LogP contribution in [0.25, 0.3) is 0 Å². The normalized spacial score (nSPS) is 14.8. The highest BCUT2D eigenvalue weighted by Crippen LogP contribution is 2.45. The molecule has 0 aliphatic rings. The summed E-state index contributed by atoms with van der Waals surface area (Å²) in [4.78, 5) is 72.7. The Morgan fingerprint density at radius 1 is 0.296 bits per heavy atom. The van der Waals surface area contributed by atoms with Crippen LogP contribution < -0.4 is 0 Å². The molecule has 98 heavy (non-hydrogen) atoms. The fraction of sp³-hybridized carbons (Fsp3) is 0.646. The van der Waals surface area contributed by atoms with E-state index in [1.54, 1.807) is 0 Å². The van der Waals surface area contributed by atoms with E-state index in [0.717, 1.165) is 154 Å². The number of unbranched alkanes of at least 4 members (excludes halogenated alkanes) is 18. The van der Waals surface area contributed by atoms with E-state index in [1.165, 1.54) is 32.1 Å². The Hall–Kier alpha value is -5.06. The third kappa shape index (κ3) is 69.4. The molecule has 558 valence electrons. The van der Waals surface area contributed by atoms with E-state index in [9.17, 15) is 43.2 Å². The van der Waals surface area contributed by atoms with E-state index in [1.807, 2.05) is 12.2 Å². The van der Waals surface area contributed by atoms with Gasteiger partial charge in [0.05, 0.1) is 26.4 Å². The van der Waals surface area contributed by atoms with Crippen LogP contribution in [-0.2, 0) is 65.4 Å². The summed E-state index contributed by atoms with van der Waals surface area (Å²) in [7, 11) is -9.99. The number of carbonyl (C=O) groups is 4. The summed E-state index contributed by atoms with van der Waals surface area (Å²) in [5.74, 6) is -2.33. The zero-order valence-electron chi connectivity index (χ0n) is 60.7. The van der Waals surface area contributed by atoms with Crippen molar-refractivity contribution in [3.05, 3.63) is 146 Å². The van der Waals surface area contributed by atoms with Gasteiger partial charge in [0.2, 0.25) is 0 Å². The number of allylic oxidation sites excluding steroid dienone is 24. The molecule has 0 aromatic carbocycles. The number of ether oxygens (including phenoxy) is 4. The number of esters is 4. The fourth-order valence-corrected chi connectivity index (χ4v) is 10.7. The molecule has 0 fully saturated rings. The molecule has 0 aliphatic heterocycles. The SMILES string of the molecule is CC/C=C\C/C=C\C/C=C\C/C=C\C/C=C\CCCC(=O)OCC(COP(=O)(O)OCC(O)COP(=O)(O)OCC(COC(=O)CCCC/C=C\C/C=C\C/C=C\C/C=C\CC)OC(=O)CCCCCCC/C=C\C/C=C\CCCCC)OC(=O)CCCCCCC/C=C\CCCC.